The molecule has 2 aromatic heterocycles. The third kappa shape index (κ3) is 4.76. The van der Waals surface area contributed by atoms with Crippen molar-refractivity contribution in [2.45, 2.75) is 46.1 Å². The zero-order valence-electron chi connectivity index (χ0n) is 15.4. The van der Waals surface area contributed by atoms with Gasteiger partial charge in [0.2, 0.25) is 11.0 Å². The number of carbonyl (C=O) groups excluding carboxylic acids is 1. The lowest BCUT2D eigenvalue weighted by Gasteiger charge is -2.33. The Labute approximate surface area is 156 Å². The van der Waals surface area contributed by atoms with E-state index < -0.39 is 0 Å². The third-order valence-corrected chi connectivity index (χ3v) is 5.46. The number of nitrogens with one attached hydrogen (secondary N) is 1. The molecule has 1 unspecified atom stereocenters. The van der Waals surface area contributed by atoms with Crippen molar-refractivity contribution in [3.63, 3.8) is 0 Å². The molecule has 0 bridgehead atoms. The van der Waals surface area contributed by atoms with Gasteiger partial charge in [0.1, 0.15) is 5.01 Å². The van der Waals surface area contributed by atoms with E-state index in [9.17, 15) is 4.79 Å². The summed E-state index contributed by atoms with van der Waals surface area (Å²) in [6.45, 7) is 9.56. The second kappa shape index (κ2) is 8.54. The fourth-order valence-electron chi connectivity index (χ4n) is 2.93. The molecule has 3 rings (SSSR count). The van der Waals surface area contributed by atoms with Crippen LogP contribution in [0.3, 0.4) is 0 Å². The summed E-state index contributed by atoms with van der Waals surface area (Å²) in [5.41, 5.74) is 0. The quantitative estimate of drug-likeness (QED) is 0.823. The van der Waals surface area contributed by atoms with Crippen molar-refractivity contribution >= 4 is 22.5 Å². The molecule has 1 atom stereocenters. The molecule has 1 aliphatic rings. The third-order valence-electron chi connectivity index (χ3n) is 4.39. The fraction of sp³-hybridized carbons (Fsp3) is 0.688. The van der Waals surface area contributed by atoms with Gasteiger partial charge in [-0.15, -0.1) is 10.2 Å². The van der Waals surface area contributed by atoms with Gasteiger partial charge in [-0.05, 0) is 6.42 Å². The van der Waals surface area contributed by atoms with Gasteiger partial charge in [0.25, 0.3) is 0 Å². The second-order valence-corrected chi connectivity index (χ2v) is 7.57. The van der Waals surface area contributed by atoms with Crippen molar-refractivity contribution in [3.05, 3.63) is 16.7 Å². The number of amides is 2. The number of hydrogen-bond donors (Lipinski definition) is 1. The van der Waals surface area contributed by atoms with Crippen LogP contribution in [0.1, 0.15) is 49.3 Å². The highest BCUT2D eigenvalue weighted by Crippen LogP contribution is 2.26. The van der Waals surface area contributed by atoms with Gasteiger partial charge < -0.3 is 9.42 Å². The first-order valence-electron chi connectivity index (χ1n) is 8.96. The molecule has 1 aliphatic heterocycles. The Morgan fingerprint density at radius 3 is 2.73 bits per heavy atom. The molecule has 2 amide bonds. The summed E-state index contributed by atoms with van der Waals surface area (Å²) in [5, 5.41) is 16.6. The predicted octanol–water partition coefficient (Wildman–Crippen LogP) is 2.48. The lowest BCUT2D eigenvalue weighted by molar-refractivity contribution is 0.140. The second-order valence-electron chi connectivity index (χ2n) is 6.56. The minimum Gasteiger partial charge on any atom is -0.340 e. The largest absolute Gasteiger partial charge is 0.340 e. The first-order chi connectivity index (χ1) is 12.5. The maximum atomic E-state index is 12.4. The van der Waals surface area contributed by atoms with E-state index in [-0.39, 0.29) is 6.03 Å². The molecule has 0 spiro atoms. The zero-order chi connectivity index (χ0) is 18.5. The van der Waals surface area contributed by atoms with Gasteiger partial charge in [-0.3, -0.25) is 10.2 Å². The van der Waals surface area contributed by atoms with Gasteiger partial charge >= 0.3 is 6.03 Å². The van der Waals surface area contributed by atoms with Crippen LogP contribution >= 0.6 is 11.3 Å². The average Bonchev–Trinajstić information content (AvgIpc) is 3.25. The van der Waals surface area contributed by atoms with Crippen LogP contribution < -0.4 is 5.32 Å². The summed E-state index contributed by atoms with van der Waals surface area (Å²) < 4.78 is 4.99. The lowest BCUT2D eigenvalue weighted by atomic mass is 10.1. The number of rotatable bonds is 6. The minimum atomic E-state index is -0.120. The van der Waals surface area contributed by atoms with Crippen molar-refractivity contribution in [2.75, 3.05) is 31.5 Å². The van der Waals surface area contributed by atoms with Crippen molar-refractivity contribution in [1.29, 1.82) is 0 Å². The highest BCUT2D eigenvalue weighted by atomic mass is 32.1. The summed E-state index contributed by atoms with van der Waals surface area (Å²) in [6.07, 6.45) is 2.18. The van der Waals surface area contributed by atoms with Crippen molar-refractivity contribution < 1.29 is 9.32 Å². The van der Waals surface area contributed by atoms with Crippen molar-refractivity contribution in [3.8, 4) is 0 Å². The van der Waals surface area contributed by atoms with Crippen LogP contribution in [0.2, 0.25) is 0 Å². The molecule has 1 N–H and O–H groups in total. The van der Waals surface area contributed by atoms with Gasteiger partial charge in [0, 0.05) is 39.0 Å². The number of carbonyl (C=O) groups is 1. The SMILES string of the molecule is CCCC(C)c1nnc(NC(=O)N2CCN(Cc3noc(C)n3)CC2)s1. The first-order valence-corrected chi connectivity index (χ1v) is 9.77. The summed E-state index contributed by atoms with van der Waals surface area (Å²) in [7, 11) is 0. The van der Waals surface area contributed by atoms with Gasteiger partial charge in [-0.2, -0.15) is 4.98 Å². The van der Waals surface area contributed by atoms with E-state index in [1.165, 1.54) is 11.3 Å². The minimum absolute atomic E-state index is 0.120. The van der Waals surface area contributed by atoms with Crippen LogP contribution in [0.5, 0.6) is 0 Å². The molecular weight excluding hydrogens is 354 g/mol. The van der Waals surface area contributed by atoms with Crippen LogP contribution in [0.4, 0.5) is 9.93 Å². The monoisotopic (exact) mass is 379 g/mol. The van der Waals surface area contributed by atoms with Crippen LogP contribution in [0, 0.1) is 6.92 Å². The van der Waals surface area contributed by atoms with Crippen LogP contribution in [-0.2, 0) is 6.54 Å². The summed E-state index contributed by atoms with van der Waals surface area (Å²) in [5.74, 6) is 1.63. The summed E-state index contributed by atoms with van der Waals surface area (Å²) in [4.78, 5) is 20.7. The Morgan fingerprint density at radius 2 is 2.08 bits per heavy atom. The van der Waals surface area contributed by atoms with Crippen molar-refractivity contribution in [1.82, 2.24) is 30.1 Å². The van der Waals surface area contributed by atoms with E-state index in [0.29, 0.717) is 42.4 Å². The fourth-order valence-corrected chi connectivity index (χ4v) is 3.74. The molecule has 10 heteroatoms. The molecule has 1 fully saturated rings. The Bertz CT molecular complexity index is 724. The molecule has 3 heterocycles. The van der Waals surface area contributed by atoms with E-state index in [2.05, 4.69) is 44.4 Å². The maximum Gasteiger partial charge on any atom is 0.323 e. The number of aryl methyl sites for hydroxylation is 1. The van der Waals surface area contributed by atoms with Gasteiger partial charge in [0.05, 0.1) is 6.54 Å². The maximum absolute atomic E-state index is 12.4. The van der Waals surface area contributed by atoms with Crippen LogP contribution in [0.15, 0.2) is 4.52 Å². The van der Waals surface area contributed by atoms with E-state index >= 15 is 0 Å². The number of hydrogen-bond acceptors (Lipinski definition) is 8. The normalized spacial score (nSPS) is 16.7. The number of aromatic nitrogens is 4. The highest BCUT2D eigenvalue weighted by molar-refractivity contribution is 7.15. The van der Waals surface area contributed by atoms with E-state index in [4.69, 9.17) is 4.52 Å². The molecule has 0 aliphatic carbocycles. The molecule has 142 valence electrons. The van der Waals surface area contributed by atoms with Gasteiger partial charge in [0.15, 0.2) is 5.82 Å². The Kier molecular flexibility index (Phi) is 6.15. The highest BCUT2D eigenvalue weighted by Gasteiger charge is 2.23. The molecule has 2 aromatic rings. The van der Waals surface area contributed by atoms with E-state index in [1.54, 1.807) is 11.8 Å². The summed E-state index contributed by atoms with van der Waals surface area (Å²) in [6, 6.07) is -0.120. The van der Waals surface area contributed by atoms with Gasteiger partial charge in [-0.1, -0.05) is 36.8 Å². The lowest BCUT2D eigenvalue weighted by Crippen LogP contribution is -2.49. The molecule has 1 saturated heterocycles. The molecule has 0 radical (unpaired) electrons. The molecule has 0 aromatic carbocycles. The number of urea groups is 1. The standard InChI is InChI=1S/C16H25N7O2S/c1-4-5-11(2)14-19-20-15(26-14)18-16(24)23-8-6-22(7-9-23)10-13-17-12(3)25-21-13/h11H,4-10H2,1-3H3,(H,18,20,24). The van der Waals surface area contributed by atoms with Crippen LogP contribution in [0.25, 0.3) is 0 Å². The average molecular weight is 379 g/mol. The zero-order valence-corrected chi connectivity index (χ0v) is 16.3. The molecular formula is C16H25N7O2S. The Morgan fingerprint density at radius 1 is 1.31 bits per heavy atom. The topological polar surface area (TPSA) is 100 Å². The number of anilines is 1. The smallest absolute Gasteiger partial charge is 0.323 e. The van der Waals surface area contributed by atoms with Gasteiger partial charge in [-0.25, -0.2) is 4.79 Å². The number of piperazine rings is 1. The molecule has 9 nitrogen and oxygen atoms in total. The van der Waals surface area contributed by atoms with E-state index in [0.717, 1.165) is 30.9 Å². The predicted molar refractivity (Wildman–Crippen MR) is 98.1 cm³/mol. The summed E-state index contributed by atoms with van der Waals surface area (Å²) >= 11 is 1.46. The Hall–Kier alpha value is -2.07. The Balaban J connectivity index is 1.46. The number of nitrogens with zero attached hydrogens (tertiary/aromatic N) is 6. The molecule has 26 heavy (non-hydrogen) atoms. The first kappa shape index (κ1) is 18.7. The van der Waals surface area contributed by atoms with E-state index in [1.807, 2.05) is 0 Å². The van der Waals surface area contributed by atoms with Crippen LogP contribution in [-0.4, -0.2) is 62.3 Å². The molecule has 0 saturated carbocycles. The van der Waals surface area contributed by atoms with Crippen molar-refractivity contribution in [2.24, 2.45) is 0 Å².